The number of rotatable bonds is 3. The molecule has 1 N–H and O–H groups in total. The van der Waals surface area contributed by atoms with E-state index in [1.807, 2.05) is 13.0 Å². The van der Waals surface area contributed by atoms with Crippen molar-refractivity contribution >= 4 is 22.9 Å². The number of hydrogen-bond donors (Lipinski definition) is 1. The van der Waals surface area contributed by atoms with Crippen LogP contribution in [-0.2, 0) is 4.74 Å². The van der Waals surface area contributed by atoms with Crippen LogP contribution >= 0.6 is 22.9 Å². The lowest BCUT2D eigenvalue weighted by molar-refractivity contribution is 0.0322. The number of aryl methyl sites for hydroxylation is 1. The molecule has 1 aliphatic rings. The first-order chi connectivity index (χ1) is 7.63. The maximum atomic E-state index is 10.3. The molecule has 1 aromatic rings. The van der Waals surface area contributed by atoms with Gasteiger partial charge in [-0.25, -0.2) is 0 Å². The van der Waals surface area contributed by atoms with Crippen LogP contribution in [-0.4, -0.2) is 17.8 Å². The van der Waals surface area contributed by atoms with Crippen LogP contribution in [0.25, 0.3) is 0 Å². The quantitative estimate of drug-likeness (QED) is 0.901. The molecule has 0 spiro atoms. The largest absolute Gasteiger partial charge is 0.387 e. The van der Waals surface area contributed by atoms with Crippen LogP contribution in [0.5, 0.6) is 0 Å². The molecule has 3 unspecified atom stereocenters. The fourth-order valence-corrected chi connectivity index (χ4v) is 3.57. The van der Waals surface area contributed by atoms with E-state index in [0.29, 0.717) is 0 Å². The van der Waals surface area contributed by atoms with E-state index < -0.39 is 6.10 Å². The molecule has 0 aliphatic carbocycles. The molecule has 90 valence electrons. The molecule has 1 aliphatic heterocycles. The highest BCUT2D eigenvalue weighted by Gasteiger charge is 2.34. The lowest BCUT2D eigenvalue weighted by Gasteiger charge is -2.21. The number of aliphatic hydroxyl groups excluding tert-OH is 1. The molecule has 1 saturated heterocycles. The molecule has 4 heteroatoms. The molecule has 3 atom stereocenters. The summed E-state index contributed by atoms with van der Waals surface area (Å²) >= 11 is 7.51. The maximum absolute atomic E-state index is 10.3. The molecule has 2 nitrogen and oxygen atoms in total. The molecule has 1 fully saturated rings. The zero-order valence-electron chi connectivity index (χ0n) is 9.57. The summed E-state index contributed by atoms with van der Waals surface area (Å²) in [5.74, 6) is 0.221. The highest BCUT2D eigenvalue weighted by molar-refractivity contribution is 7.16. The van der Waals surface area contributed by atoms with E-state index in [-0.39, 0.29) is 12.0 Å². The number of halogens is 1. The molecule has 16 heavy (non-hydrogen) atoms. The van der Waals surface area contributed by atoms with Gasteiger partial charge in [0.25, 0.3) is 0 Å². The van der Waals surface area contributed by atoms with Gasteiger partial charge in [-0.05, 0) is 31.4 Å². The minimum Gasteiger partial charge on any atom is -0.387 e. The van der Waals surface area contributed by atoms with E-state index in [0.717, 1.165) is 34.2 Å². The monoisotopic (exact) mass is 260 g/mol. The van der Waals surface area contributed by atoms with Crippen molar-refractivity contribution in [3.05, 3.63) is 20.8 Å². The Morgan fingerprint density at radius 2 is 2.44 bits per heavy atom. The highest BCUT2D eigenvalue weighted by atomic mass is 35.5. The summed E-state index contributed by atoms with van der Waals surface area (Å²) in [6, 6.07) is 1.99. The first kappa shape index (κ1) is 12.4. The Morgan fingerprint density at radius 3 is 3.00 bits per heavy atom. The van der Waals surface area contributed by atoms with E-state index in [9.17, 15) is 5.11 Å². The molecule has 0 saturated carbocycles. The van der Waals surface area contributed by atoms with Crippen LogP contribution < -0.4 is 0 Å². The van der Waals surface area contributed by atoms with Gasteiger partial charge < -0.3 is 9.84 Å². The van der Waals surface area contributed by atoms with Crippen molar-refractivity contribution in [3.63, 3.8) is 0 Å². The smallest absolute Gasteiger partial charge is 0.0961 e. The third kappa shape index (κ3) is 2.28. The summed E-state index contributed by atoms with van der Waals surface area (Å²) in [6.07, 6.45) is 1.66. The lowest BCUT2D eigenvalue weighted by Crippen LogP contribution is -2.21. The Bertz CT molecular complexity index is 344. The average Bonchev–Trinajstić information content (AvgIpc) is 2.85. The number of hydrogen-bond acceptors (Lipinski definition) is 3. The average molecular weight is 261 g/mol. The Hall–Kier alpha value is -0.0900. The van der Waals surface area contributed by atoms with Crippen molar-refractivity contribution < 1.29 is 9.84 Å². The second kappa shape index (κ2) is 5.05. The molecule has 0 amide bonds. The molecule has 0 radical (unpaired) electrons. The van der Waals surface area contributed by atoms with Gasteiger partial charge in [-0.3, -0.25) is 0 Å². The van der Waals surface area contributed by atoms with Gasteiger partial charge in [0.1, 0.15) is 0 Å². The zero-order valence-corrected chi connectivity index (χ0v) is 11.1. The van der Waals surface area contributed by atoms with Crippen LogP contribution in [0.1, 0.15) is 36.3 Å². The summed E-state index contributed by atoms with van der Waals surface area (Å²) < 4.78 is 6.38. The van der Waals surface area contributed by atoms with Gasteiger partial charge in [0.15, 0.2) is 0 Å². The van der Waals surface area contributed by atoms with Gasteiger partial charge in [0, 0.05) is 17.4 Å². The van der Waals surface area contributed by atoms with Crippen molar-refractivity contribution in [2.45, 2.75) is 38.9 Å². The molecular formula is C12H17ClO2S. The molecule has 2 heterocycles. The fraction of sp³-hybridized carbons (Fsp3) is 0.667. The second-order valence-corrected chi connectivity index (χ2v) is 6.01. The number of ether oxygens (including phenoxy) is 1. The van der Waals surface area contributed by atoms with Crippen molar-refractivity contribution in [3.8, 4) is 0 Å². The zero-order chi connectivity index (χ0) is 11.7. The predicted octanol–water partition coefficient (Wildman–Crippen LogP) is 3.56. The highest BCUT2D eigenvalue weighted by Crippen LogP contribution is 2.39. The Morgan fingerprint density at radius 1 is 1.69 bits per heavy atom. The van der Waals surface area contributed by atoms with E-state index in [1.165, 1.54) is 11.3 Å². The summed E-state index contributed by atoms with van der Waals surface area (Å²) in [5, 5.41) is 10.3. The Labute approximate surface area is 105 Å². The molecule has 0 bridgehead atoms. The molecule has 1 aromatic heterocycles. The van der Waals surface area contributed by atoms with Crippen molar-refractivity contribution in [1.82, 2.24) is 0 Å². The Balaban J connectivity index is 2.14. The Kier molecular flexibility index (Phi) is 3.90. The van der Waals surface area contributed by atoms with E-state index >= 15 is 0 Å². The number of thiophene rings is 1. The molecule has 0 aromatic carbocycles. The summed E-state index contributed by atoms with van der Waals surface area (Å²) in [5.41, 5.74) is 1.05. The summed E-state index contributed by atoms with van der Waals surface area (Å²) in [7, 11) is 0. The van der Waals surface area contributed by atoms with Crippen LogP contribution in [0, 0.1) is 12.8 Å². The standard InChI is InChI=1S/C12H17ClO2S/c1-3-9-8(4-5-15-9)11(14)10-6-7(2)12(13)16-10/h6,8-9,11,14H,3-5H2,1-2H3. The van der Waals surface area contributed by atoms with Gasteiger partial charge in [-0.15, -0.1) is 11.3 Å². The van der Waals surface area contributed by atoms with Gasteiger partial charge in [-0.1, -0.05) is 18.5 Å². The third-order valence-corrected chi connectivity index (χ3v) is 4.86. The van der Waals surface area contributed by atoms with Gasteiger partial charge in [-0.2, -0.15) is 0 Å². The first-order valence-corrected chi connectivity index (χ1v) is 6.88. The van der Waals surface area contributed by atoms with Gasteiger partial charge in [0.05, 0.1) is 16.5 Å². The van der Waals surface area contributed by atoms with E-state index in [1.54, 1.807) is 0 Å². The fourth-order valence-electron chi connectivity index (χ4n) is 2.29. The van der Waals surface area contributed by atoms with Crippen molar-refractivity contribution in [2.75, 3.05) is 6.61 Å². The minimum atomic E-state index is -0.427. The van der Waals surface area contributed by atoms with Crippen LogP contribution in [0.15, 0.2) is 6.07 Å². The second-order valence-electron chi connectivity index (χ2n) is 4.32. The maximum Gasteiger partial charge on any atom is 0.0961 e. The van der Waals surface area contributed by atoms with Crippen LogP contribution in [0.2, 0.25) is 4.34 Å². The van der Waals surface area contributed by atoms with Crippen LogP contribution in [0.4, 0.5) is 0 Å². The predicted molar refractivity (Wildman–Crippen MR) is 67.2 cm³/mol. The molecular weight excluding hydrogens is 244 g/mol. The SMILES string of the molecule is CCC1OCCC1C(O)c1cc(C)c(Cl)s1. The number of aliphatic hydroxyl groups is 1. The lowest BCUT2D eigenvalue weighted by atomic mass is 9.92. The topological polar surface area (TPSA) is 29.5 Å². The third-order valence-electron chi connectivity index (χ3n) is 3.24. The van der Waals surface area contributed by atoms with Crippen molar-refractivity contribution in [1.29, 1.82) is 0 Å². The van der Waals surface area contributed by atoms with E-state index in [4.69, 9.17) is 16.3 Å². The molecule has 2 rings (SSSR count). The van der Waals surface area contributed by atoms with E-state index in [2.05, 4.69) is 6.92 Å². The van der Waals surface area contributed by atoms with Crippen LogP contribution in [0.3, 0.4) is 0 Å². The van der Waals surface area contributed by atoms with Gasteiger partial charge >= 0.3 is 0 Å². The summed E-state index contributed by atoms with van der Waals surface area (Å²) in [6.45, 7) is 4.83. The first-order valence-electron chi connectivity index (χ1n) is 5.69. The minimum absolute atomic E-state index is 0.191. The van der Waals surface area contributed by atoms with Gasteiger partial charge in [0.2, 0.25) is 0 Å². The van der Waals surface area contributed by atoms with Crippen molar-refractivity contribution in [2.24, 2.45) is 5.92 Å². The summed E-state index contributed by atoms with van der Waals surface area (Å²) in [4.78, 5) is 0.969. The normalized spacial score (nSPS) is 27.2.